The van der Waals surface area contributed by atoms with E-state index < -0.39 is 227 Å². The minimum absolute atomic E-state index is 0.0503. The quantitative estimate of drug-likeness (QED) is 0.0467. The van der Waals surface area contributed by atoms with Gasteiger partial charge >= 0.3 is 5.97 Å². The Labute approximate surface area is 540 Å². The Kier molecular flexibility index (Phi) is 20.9. The molecule has 0 aromatic heterocycles. The van der Waals surface area contributed by atoms with E-state index in [1.807, 2.05) is 0 Å². The van der Waals surface area contributed by atoms with Crippen LogP contribution in [0.2, 0.25) is 0 Å². The van der Waals surface area contributed by atoms with Gasteiger partial charge in [-0.3, -0.25) is 4.79 Å². The topological polar surface area (TPSA) is 452 Å². The smallest absolute Gasteiger partial charge is 0.315 e. The summed E-state index contributed by atoms with van der Waals surface area (Å²) in [6, 6.07) is 0. The van der Waals surface area contributed by atoms with Gasteiger partial charge in [-0.05, 0) is 123 Å². The molecule has 5 aliphatic carbocycles. The van der Waals surface area contributed by atoms with E-state index in [-0.39, 0.29) is 34.0 Å². The van der Waals surface area contributed by atoms with Crippen molar-refractivity contribution in [3.05, 3.63) is 11.6 Å². The lowest BCUT2D eigenvalue weighted by atomic mass is 9.33. The van der Waals surface area contributed by atoms with E-state index in [9.17, 15) is 81.7 Å². The summed E-state index contributed by atoms with van der Waals surface area (Å²) in [5.74, 6) is -0.645. The molecule has 6 saturated heterocycles. The number of ether oxygens (including phenoxy) is 12. The number of hydrogen-bond acceptors (Lipinski definition) is 29. The van der Waals surface area contributed by atoms with Gasteiger partial charge in [0.15, 0.2) is 37.6 Å². The highest BCUT2D eigenvalue weighted by Crippen LogP contribution is 2.76. The number of esters is 1. The molecular formula is C64H104O29. The molecule has 36 atom stereocenters. The van der Waals surface area contributed by atoms with Crippen LogP contribution >= 0.6 is 0 Å². The Bertz CT molecular complexity index is 2620. The van der Waals surface area contributed by atoms with E-state index in [4.69, 9.17) is 56.8 Å². The van der Waals surface area contributed by atoms with E-state index >= 15 is 4.79 Å². The van der Waals surface area contributed by atoms with Crippen molar-refractivity contribution in [3.8, 4) is 0 Å². The Morgan fingerprint density at radius 2 is 1.02 bits per heavy atom. The largest absolute Gasteiger partial charge is 0.432 e. The van der Waals surface area contributed by atoms with Crippen LogP contribution in [-0.4, -0.2) is 292 Å². The number of hydrogen-bond donors (Lipinski definition) is 16. The van der Waals surface area contributed by atoms with E-state index in [1.165, 1.54) is 19.4 Å². The normalized spacial score (nSPS) is 54.7. The van der Waals surface area contributed by atoms with Gasteiger partial charge in [0.05, 0.1) is 50.2 Å². The molecule has 93 heavy (non-hydrogen) atoms. The number of aliphatic hydroxyl groups excluding tert-OH is 16. The highest BCUT2D eigenvalue weighted by atomic mass is 16.8. The maximum atomic E-state index is 15.5. The van der Waals surface area contributed by atoms with Crippen molar-refractivity contribution >= 4 is 5.97 Å². The summed E-state index contributed by atoms with van der Waals surface area (Å²) in [4.78, 5) is 15.5. The molecule has 29 heteroatoms. The fraction of sp³-hybridized carbons (Fsp3) is 0.953. The van der Waals surface area contributed by atoms with Crippen LogP contribution in [0.5, 0.6) is 0 Å². The third-order valence-corrected chi connectivity index (χ3v) is 24.8. The summed E-state index contributed by atoms with van der Waals surface area (Å²) in [6.45, 7) is 16.4. The van der Waals surface area contributed by atoms with Crippen molar-refractivity contribution in [2.24, 2.45) is 50.2 Å². The molecule has 0 radical (unpaired) electrons. The van der Waals surface area contributed by atoms with Crippen molar-refractivity contribution in [1.29, 1.82) is 0 Å². The Balaban J connectivity index is 0.808. The van der Waals surface area contributed by atoms with Crippen LogP contribution in [0.1, 0.15) is 127 Å². The molecule has 0 aromatic carbocycles. The molecule has 29 nitrogen and oxygen atoms in total. The van der Waals surface area contributed by atoms with Crippen LogP contribution in [0.25, 0.3) is 0 Å². The molecule has 16 N–H and O–H groups in total. The first-order valence-electron chi connectivity index (χ1n) is 33.4. The zero-order valence-electron chi connectivity index (χ0n) is 54.4. The first kappa shape index (κ1) is 72.4. The number of allylic oxidation sites excluding steroid dienone is 2. The minimum atomic E-state index is -1.92. The number of carbonyl (C=O) groups excluding carboxylic acids is 1. The van der Waals surface area contributed by atoms with E-state index in [2.05, 4.69) is 54.5 Å². The highest BCUT2D eigenvalue weighted by Gasteiger charge is 2.71. The molecule has 2 unspecified atom stereocenters. The molecule has 4 saturated carbocycles. The van der Waals surface area contributed by atoms with E-state index in [0.29, 0.717) is 51.4 Å². The van der Waals surface area contributed by atoms with E-state index in [0.717, 1.165) is 12.8 Å². The van der Waals surface area contributed by atoms with Gasteiger partial charge in [-0.2, -0.15) is 0 Å². The standard InChI is InChI=1S/C64H104O29/c1-25-36(69)40(73)44(77)53(84-25)92-51-47(80)49(90-52-43(76)37(70)29(67)23-82-52)32(22-66)87-57(51)88-35-13-14-61(7)33(60(35,5)6)12-15-63(9)34(61)11-10-27-28-20-59(3,4)16-18-64(28,19-17-62(27,63)8)58(81)93-56-50(38(71)30(68)24-83-56)91-54-46(79)42(75)48(26(2)85-54)89-55-45(78)41(74)39(72)31(21-65)86-55/h10,25-26,28-57,65-80H,11-24H2,1-9H3/t25-,26-,28-,29+,30-,31+,32+,33?,34?,35-,36-,37-,38-,39+,40+,41-,42+,43+,44+,45+,46+,47-,48-,49+,50+,51+,52-,53-,54-,55-,56-,57-,61-,62+,63+,64-/m0/s1. The van der Waals surface area contributed by atoms with Crippen LogP contribution in [0.3, 0.4) is 0 Å². The van der Waals surface area contributed by atoms with Crippen LogP contribution in [0.15, 0.2) is 11.6 Å². The zero-order valence-corrected chi connectivity index (χ0v) is 54.4. The lowest BCUT2D eigenvalue weighted by Crippen LogP contribution is -2.67. The molecule has 11 aliphatic rings. The Morgan fingerprint density at radius 3 is 1.68 bits per heavy atom. The second-order valence-corrected chi connectivity index (χ2v) is 31.0. The van der Waals surface area contributed by atoms with Gasteiger partial charge in [-0.1, -0.05) is 60.1 Å². The predicted octanol–water partition coefficient (Wildman–Crippen LogP) is -3.05. The molecule has 10 fully saturated rings. The molecule has 0 bridgehead atoms. The minimum Gasteiger partial charge on any atom is -0.432 e. The van der Waals surface area contributed by atoms with Gasteiger partial charge in [0.1, 0.15) is 116 Å². The zero-order chi connectivity index (χ0) is 67.7. The molecule has 0 aromatic rings. The van der Waals surface area contributed by atoms with E-state index in [1.54, 1.807) is 0 Å². The van der Waals surface area contributed by atoms with Crippen LogP contribution in [-0.2, 0) is 61.6 Å². The Morgan fingerprint density at radius 1 is 0.484 bits per heavy atom. The second-order valence-electron chi connectivity index (χ2n) is 31.0. The third kappa shape index (κ3) is 12.4. The lowest BCUT2D eigenvalue weighted by molar-refractivity contribution is -0.391. The third-order valence-electron chi connectivity index (χ3n) is 24.8. The van der Waals surface area contributed by atoms with Crippen LogP contribution in [0.4, 0.5) is 0 Å². The second kappa shape index (κ2) is 26.9. The van der Waals surface area contributed by atoms with Gasteiger partial charge in [0.2, 0.25) is 6.29 Å². The first-order chi connectivity index (χ1) is 43.6. The Hall–Kier alpha value is -1.87. The van der Waals surface area contributed by atoms with Crippen LogP contribution < -0.4 is 0 Å². The molecule has 0 amide bonds. The number of aliphatic hydroxyl groups is 16. The van der Waals surface area contributed by atoms with Crippen molar-refractivity contribution < 1.29 is 143 Å². The predicted molar refractivity (Wildman–Crippen MR) is 313 cm³/mol. The van der Waals surface area contributed by atoms with Crippen molar-refractivity contribution in [3.63, 3.8) is 0 Å². The van der Waals surface area contributed by atoms with Crippen molar-refractivity contribution in [2.45, 2.75) is 305 Å². The maximum absolute atomic E-state index is 15.5. The average molecular weight is 1340 g/mol. The molecular weight excluding hydrogens is 1230 g/mol. The molecule has 534 valence electrons. The summed E-state index contributed by atoms with van der Waals surface area (Å²) in [5, 5.41) is 173. The van der Waals surface area contributed by atoms with Gasteiger partial charge in [0.25, 0.3) is 0 Å². The van der Waals surface area contributed by atoms with Gasteiger partial charge < -0.3 is 139 Å². The SMILES string of the molecule is C[C@@H]1O[C@@H](O[C@H]2[C@H](O[C@H]3CC[C@@]4(C)C(CC[C@]5(C)C4CC=C4[C@@H]6CC(C)(C)CC[C@]6(C(=O)O[C@@H]6OC[C@H](O)[C@H](O)[C@H]6O[C@@H]6O[C@@H](C)[C@H](O[C@@H]7O[C@H](CO)[C@@H](O)[C@H](O)[C@H]7O)[C@H](O)[C@H]6O)CC[C@]45C)C3(C)C)O[C@H](CO)[C@@H](O[C@@H]3OC[C@@H](O)[C@H](O)[C@H]3O)[C@@H]2O)[C@H](O)[C@H](O)[C@H]1O. The number of rotatable bonds is 14. The maximum Gasteiger partial charge on any atom is 0.315 e. The summed E-state index contributed by atoms with van der Waals surface area (Å²) in [6.07, 6.45) is -36.4. The average Bonchev–Trinajstić information content (AvgIpc) is 0.676. The van der Waals surface area contributed by atoms with Gasteiger partial charge in [0, 0.05) is 0 Å². The summed E-state index contributed by atoms with van der Waals surface area (Å²) in [7, 11) is 0. The van der Waals surface area contributed by atoms with Gasteiger partial charge in [-0.15, -0.1) is 0 Å². The summed E-state index contributed by atoms with van der Waals surface area (Å²) in [5.41, 5.74) is -1.58. The van der Waals surface area contributed by atoms with Gasteiger partial charge in [-0.25, -0.2) is 0 Å². The first-order valence-corrected chi connectivity index (χ1v) is 33.4. The lowest BCUT2D eigenvalue weighted by Gasteiger charge is -2.71. The molecule has 6 heterocycles. The van der Waals surface area contributed by atoms with Crippen molar-refractivity contribution in [2.75, 3.05) is 26.4 Å². The molecule has 0 spiro atoms. The number of carbonyl (C=O) groups is 1. The number of fused-ring (bicyclic) bond motifs is 7. The molecule has 11 rings (SSSR count). The fourth-order valence-corrected chi connectivity index (χ4v) is 18.8. The monoisotopic (exact) mass is 1340 g/mol. The fourth-order valence-electron chi connectivity index (χ4n) is 18.8. The van der Waals surface area contributed by atoms with Crippen LogP contribution in [0, 0.1) is 50.2 Å². The molecule has 6 aliphatic heterocycles. The van der Waals surface area contributed by atoms with Crippen molar-refractivity contribution in [1.82, 2.24) is 0 Å². The summed E-state index contributed by atoms with van der Waals surface area (Å²) >= 11 is 0. The highest BCUT2D eigenvalue weighted by molar-refractivity contribution is 5.79. The summed E-state index contributed by atoms with van der Waals surface area (Å²) < 4.78 is 72.8.